The van der Waals surface area contributed by atoms with Crippen LogP contribution in [0, 0.1) is 11.3 Å². The Morgan fingerprint density at radius 1 is 1.35 bits per heavy atom. The van der Waals surface area contributed by atoms with Crippen LogP contribution in [-0.2, 0) is 11.2 Å². The Morgan fingerprint density at radius 3 is 3.00 bits per heavy atom. The summed E-state index contributed by atoms with van der Waals surface area (Å²) >= 11 is 1.59. The van der Waals surface area contributed by atoms with Gasteiger partial charge in [-0.2, -0.15) is 5.26 Å². The molecule has 1 aliphatic heterocycles. The normalized spacial score (nSPS) is 12.5. The molecule has 0 radical (unpaired) electrons. The molecule has 0 unspecified atom stereocenters. The molecule has 0 saturated heterocycles. The Labute approximate surface area is 121 Å². The Kier molecular flexibility index (Phi) is 3.54. The van der Waals surface area contributed by atoms with E-state index in [-0.39, 0.29) is 0 Å². The molecule has 0 spiro atoms. The Bertz CT molecular complexity index is 683. The third kappa shape index (κ3) is 2.22. The van der Waals surface area contributed by atoms with E-state index in [1.807, 2.05) is 23.1 Å². The topological polar surface area (TPSA) is 62.0 Å². The van der Waals surface area contributed by atoms with E-state index < -0.39 is 0 Å². The van der Waals surface area contributed by atoms with Crippen molar-refractivity contribution in [3.05, 3.63) is 36.2 Å². The minimum absolute atomic E-state index is 0.395. The predicted molar refractivity (Wildman–Crippen MR) is 75.9 cm³/mol. The van der Waals surface area contributed by atoms with Gasteiger partial charge >= 0.3 is 0 Å². The van der Waals surface area contributed by atoms with Crippen LogP contribution in [0.5, 0.6) is 0 Å². The third-order valence-electron chi connectivity index (χ3n) is 2.96. The Hall–Kier alpha value is -2.10. The molecule has 2 aromatic rings. The first-order chi connectivity index (χ1) is 9.83. The van der Waals surface area contributed by atoms with E-state index >= 15 is 0 Å². The summed E-state index contributed by atoms with van der Waals surface area (Å²) in [5.41, 5.74) is 2.00. The molecule has 5 nitrogen and oxygen atoms in total. The third-order valence-corrected chi connectivity index (χ3v) is 4.01. The number of benzene rings is 1. The smallest absolute Gasteiger partial charge is 0.168 e. The van der Waals surface area contributed by atoms with Crippen molar-refractivity contribution in [3.8, 4) is 6.07 Å². The zero-order valence-corrected chi connectivity index (χ0v) is 11.7. The molecule has 2 heterocycles. The molecule has 0 fully saturated rings. The molecule has 0 saturated carbocycles. The van der Waals surface area contributed by atoms with Crippen molar-refractivity contribution in [3.63, 3.8) is 0 Å². The number of hydrogen-bond donors (Lipinski definition) is 0. The van der Waals surface area contributed by atoms with Gasteiger partial charge < -0.3 is 4.74 Å². The van der Waals surface area contributed by atoms with Gasteiger partial charge in [0.1, 0.15) is 11.8 Å². The van der Waals surface area contributed by atoms with E-state index in [4.69, 9.17) is 10.00 Å². The zero-order valence-electron chi connectivity index (χ0n) is 10.9. The molecule has 6 heteroatoms. The SMILES string of the molecule is COCN1c2cc(CC#N)ccc2Sc2nccnc21. The lowest BCUT2D eigenvalue weighted by atomic mass is 10.1. The monoisotopic (exact) mass is 284 g/mol. The second-order valence-corrected chi connectivity index (χ2v) is 5.30. The summed E-state index contributed by atoms with van der Waals surface area (Å²) in [6.45, 7) is 0.398. The maximum atomic E-state index is 8.83. The van der Waals surface area contributed by atoms with Crippen LogP contribution in [0.4, 0.5) is 11.5 Å². The number of rotatable bonds is 3. The van der Waals surface area contributed by atoms with E-state index in [0.717, 1.165) is 27.0 Å². The molecule has 20 heavy (non-hydrogen) atoms. The molecule has 0 N–H and O–H groups in total. The van der Waals surface area contributed by atoms with Crippen LogP contribution >= 0.6 is 11.8 Å². The van der Waals surface area contributed by atoms with E-state index in [1.165, 1.54) is 0 Å². The Morgan fingerprint density at radius 2 is 2.20 bits per heavy atom. The number of ether oxygens (including phenoxy) is 1. The standard InChI is InChI=1S/C14H12N4OS/c1-19-9-18-11-8-10(4-5-15)2-3-12(11)20-14-13(18)16-6-7-17-14/h2-3,6-8H,4,9H2,1H3. The van der Waals surface area contributed by atoms with Crippen LogP contribution in [0.25, 0.3) is 0 Å². The van der Waals surface area contributed by atoms with Crippen LogP contribution in [0.3, 0.4) is 0 Å². The van der Waals surface area contributed by atoms with E-state index in [1.54, 1.807) is 31.3 Å². The summed E-state index contributed by atoms with van der Waals surface area (Å²) in [7, 11) is 1.65. The van der Waals surface area contributed by atoms with Gasteiger partial charge in [-0.05, 0) is 17.7 Å². The highest BCUT2D eigenvalue weighted by Crippen LogP contribution is 2.46. The highest BCUT2D eigenvalue weighted by atomic mass is 32.2. The van der Waals surface area contributed by atoms with Crippen LogP contribution in [-0.4, -0.2) is 23.8 Å². The number of methoxy groups -OCH3 is 1. The van der Waals surface area contributed by atoms with Gasteiger partial charge in [0.2, 0.25) is 0 Å². The summed E-state index contributed by atoms with van der Waals surface area (Å²) in [4.78, 5) is 11.8. The van der Waals surface area contributed by atoms with E-state index in [0.29, 0.717) is 13.2 Å². The minimum Gasteiger partial charge on any atom is -0.364 e. The van der Waals surface area contributed by atoms with Gasteiger partial charge in [-0.3, -0.25) is 4.90 Å². The van der Waals surface area contributed by atoms with Gasteiger partial charge in [-0.15, -0.1) is 0 Å². The minimum atomic E-state index is 0.395. The van der Waals surface area contributed by atoms with Crippen molar-refractivity contribution in [2.24, 2.45) is 0 Å². The Balaban J connectivity index is 2.09. The highest BCUT2D eigenvalue weighted by Gasteiger charge is 2.25. The maximum absolute atomic E-state index is 8.83. The second kappa shape index (κ2) is 5.49. The lowest BCUT2D eigenvalue weighted by molar-refractivity contribution is 0.204. The van der Waals surface area contributed by atoms with Crippen molar-refractivity contribution >= 4 is 23.3 Å². The average Bonchev–Trinajstić information content (AvgIpc) is 2.48. The summed E-state index contributed by atoms with van der Waals surface area (Å²) in [5.74, 6) is 0.793. The molecule has 0 aliphatic carbocycles. The van der Waals surface area contributed by atoms with Gasteiger partial charge in [0.05, 0.1) is 18.2 Å². The quantitative estimate of drug-likeness (QED) is 0.863. The number of nitriles is 1. The number of nitrogens with zero attached hydrogens (tertiary/aromatic N) is 4. The van der Waals surface area contributed by atoms with E-state index in [2.05, 4.69) is 16.0 Å². The summed E-state index contributed by atoms with van der Waals surface area (Å²) in [6.07, 6.45) is 3.75. The molecule has 0 amide bonds. The fraction of sp³-hybridized carbons (Fsp3) is 0.214. The van der Waals surface area contributed by atoms with Crippen molar-refractivity contribution in [2.45, 2.75) is 16.3 Å². The molecule has 0 atom stereocenters. The lowest BCUT2D eigenvalue weighted by Crippen LogP contribution is -2.24. The average molecular weight is 284 g/mol. The lowest BCUT2D eigenvalue weighted by Gasteiger charge is -2.30. The number of hydrogen-bond acceptors (Lipinski definition) is 6. The largest absolute Gasteiger partial charge is 0.364 e. The summed E-state index contributed by atoms with van der Waals surface area (Å²) in [6, 6.07) is 8.18. The van der Waals surface area contributed by atoms with Gasteiger partial charge in [-0.25, -0.2) is 9.97 Å². The van der Waals surface area contributed by atoms with Crippen LogP contribution in [0.2, 0.25) is 0 Å². The highest BCUT2D eigenvalue weighted by molar-refractivity contribution is 7.99. The number of aromatic nitrogens is 2. The summed E-state index contributed by atoms with van der Waals surface area (Å²) in [5, 5.41) is 9.70. The maximum Gasteiger partial charge on any atom is 0.168 e. The fourth-order valence-electron chi connectivity index (χ4n) is 2.11. The van der Waals surface area contributed by atoms with Crippen molar-refractivity contribution in [2.75, 3.05) is 18.7 Å². The van der Waals surface area contributed by atoms with Crippen molar-refractivity contribution < 1.29 is 4.74 Å². The van der Waals surface area contributed by atoms with E-state index in [9.17, 15) is 0 Å². The number of anilines is 2. The zero-order chi connectivity index (χ0) is 13.9. The number of fused-ring (bicyclic) bond motifs is 2. The van der Waals surface area contributed by atoms with Crippen LogP contribution in [0.1, 0.15) is 5.56 Å². The van der Waals surface area contributed by atoms with Crippen molar-refractivity contribution in [1.82, 2.24) is 9.97 Å². The molecule has 100 valence electrons. The molecule has 1 aliphatic rings. The van der Waals surface area contributed by atoms with Crippen LogP contribution in [0.15, 0.2) is 40.5 Å². The molecule has 1 aromatic carbocycles. The van der Waals surface area contributed by atoms with Gasteiger partial charge in [0, 0.05) is 24.4 Å². The summed E-state index contributed by atoms with van der Waals surface area (Å²) < 4.78 is 5.28. The molecule has 1 aromatic heterocycles. The molecular weight excluding hydrogens is 272 g/mol. The van der Waals surface area contributed by atoms with Gasteiger partial charge in [-0.1, -0.05) is 17.8 Å². The molecule has 3 rings (SSSR count). The van der Waals surface area contributed by atoms with Gasteiger partial charge in [0.25, 0.3) is 0 Å². The second-order valence-electron chi connectivity index (χ2n) is 4.27. The van der Waals surface area contributed by atoms with Gasteiger partial charge in [0.15, 0.2) is 5.82 Å². The first kappa shape index (κ1) is 12.9. The molecular formula is C14H12N4OS. The molecule has 0 bridgehead atoms. The first-order valence-corrected chi connectivity index (χ1v) is 6.90. The van der Waals surface area contributed by atoms with Crippen LogP contribution < -0.4 is 4.90 Å². The first-order valence-electron chi connectivity index (χ1n) is 6.08. The van der Waals surface area contributed by atoms with Crippen molar-refractivity contribution in [1.29, 1.82) is 5.26 Å². The fourth-order valence-corrected chi connectivity index (χ4v) is 3.10. The predicted octanol–water partition coefficient (Wildman–Crippen LogP) is 2.75.